The Hall–Kier alpha value is -2.66. The van der Waals surface area contributed by atoms with Gasteiger partial charge in [0.05, 0.1) is 6.04 Å². The summed E-state index contributed by atoms with van der Waals surface area (Å²) in [5.74, 6) is -0.0557. The van der Waals surface area contributed by atoms with Gasteiger partial charge in [-0.3, -0.25) is 9.59 Å². The Balaban J connectivity index is 1.42. The van der Waals surface area contributed by atoms with E-state index in [1.54, 1.807) is 4.90 Å². The summed E-state index contributed by atoms with van der Waals surface area (Å²) in [4.78, 5) is 27.7. The van der Waals surface area contributed by atoms with Crippen molar-refractivity contribution >= 4 is 17.5 Å². The van der Waals surface area contributed by atoms with Crippen molar-refractivity contribution in [3.8, 4) is 0 Å². The number of fused-ring (bicyclic) bond motifs is 1. The summed E-state index contributed by atoms with van der Waals surface area (Å²) < 4.78 is 0. The van der Waals surface area contributed by atoms with Crippen molar-refractivity contribution < 1.29 is 9.59 Å². The van der Waals surface area contributed by atoms with Crippen LogP contribution < -0.4 is 10.6 Å². The first-order valence-electron chi connectivity index (χ1n) is 10.2. The van der Waals surface area contributed by atoms with Gasteiger partial charge in [0.25, 0.3) is 0 Å². The highest BCUT2D eigenvalue weighted by molar-refractivity contribution is 5.98. The molecule has 1 fully saturated rings. The Bertz CT molecular complexity index is 862. The molecule has 28 heavy (non-hydrogen) atoms. The van der Waals surface area contributed by atoms with Crippen LogP contribution in [0.5, 0.6) is 0 Å². The third kappa shape index (κ3) is 3.80. The molecule has 5 nitrogen and oxygen atoms in total. The number of carbonyl (C=O) groups excluding carboxylic acids is 2. The predicted molar refractivity (Wildman–Crippen MR) is 110 cm³/mol. The minimum absolute atomic E-state index is 0.0356. The minimum atomic E-state index is -0.391. The summed E-state index contributed by atoms with van der Waals surface area (Å²) in [6.45, 7) is 3.44. The second kappa shape index (κ2) is 8.15. The van der Waals surface area contributed by atoms with Crippen LogP contribution in [0.25, 0.3) is 0 Å². The molecule has 1 saturated heterocycles. The third-order valence-electron chi connectivity index (χ3n) is 5.85. The average molecular weight is 377 g/mol. The molecule has 146 valence electrons. The van der Waals surface area contributed by atoms with Gasteiger partial charge in [-0.1, -0.05) is 43.3 Å². The number of amides is 2. The van der Waals surface area contributed by atoms with Gasteiger partial charge in [-0.05, 0) is 54.5 Å². The zero-order chi connectivity index (χ0) is 19.5. The maximum atomic E-state index is 13.1. The van der Waals surface area contributed by atoms with Crippen molar-refractivity contribution in [3.05, 3.63) is 65.2 Å². The van der Waals surface area contributed by atoms with E-state index in [0.29, 0.717) is 25.9 Å². The lowest BCUT2D eigenvalue weighted by Crippen LogP contribution is -2.53. The molecule has 0 radical (unpaired) electrons. The van der Waals surface area contributed by atoms with Crippen LogP contribution in [-0.2, 0) is 29.0 Å². The van der Waals surface area contributed by atoms with Crippen molar-refractivity contribution in [1.29, 1.82) is 0 Å². The molecule has 0 aliphatic carbocycles. The van der Waals surface area contributed by atoms with E-state index in [-0.39, 0.29) is 17.9 Å². The summed E-state index contributed by atoms with van der Waals surface area (Å²) in [6.07, 6.45) is 3.23. The first kappa shape index (κ1) is 18.7. The maximum Gasteiger partial charge on any atom is 0.247 e. The summed E-state index contributed by atoms with van der Waals surface area (Å²) in [5, 5.41) is 6.34. The number of rotatable bonds is 4. The van der Waals surface area contributed by atoms with E-state index < -0.39 is 6.04 Å². The number of anilines is 1. The standard InChI is InChI=1S/C23H27N3O2/c1-2-16-9-11-19(12-10-16)25-22(27)21-8-5-13-26(21)23(28)20-14-17-6-3-4-7-18(17)15-24-20/h3-4,6-7,9-12,20-21,24H,2,5,8,13-15H2,1H3,(H,25,27). The van der Waals surface area contributed by atoms with Crippen molar-refractivity contribution in [3.63, 3.8) is 0 Å². The molecule has 2 aromatic carbocycles. The zero-order valence-corrected chi connectivity index (χ0v) is 16.3. The van der Waals surface area contributed by atoms with Crippen LogP contribution in [0.3, 0.4) is 0 Å². The second-order valence-corrected chi connectivity index (χ2v) is 7.64. The Kier molecular flexibility index (Phi) is 5.44. The van der Waals surface area contributed by atoms with Crippen LogP contribution in [-0.4, -0.2) is 35.3 Å². The van der Waals surface area contributed by atoms with Gasteiger partial charge in [0.1, 0.15) is 6.04 Å². The molecule has 2 aromatic rings. The lowest BCUT2D eigenvalue weighted by Gasteiger charge is -2.31. The number of nitrogens with one attached hydrogen (secondary N) is 2. The number of likely N-dealkylation sites (tertiary alicyclic amines) is 1. The molecule has 5 heteroatoms. The van der Waals surface area contributed by atoms with Gasteiger partial charge in [0.2, 0.25) is 11.8 Å². The van der Waals surface area contributed by atoms with Crippen molar-refractivity contribution in [1.82, 2.24) is 10.2 Å². The number of hydrogen-bond acceptors (Lipinski definition) is 3. The lowest BCUT2D eigenvalue weighted by molar-refractivity contribution is -0.138. The summed E-state index contributed by atoms with van der Waals surface area (Å²) in [7, 11) is 0. The predicted octanol–water partition coefficient (Wildman–Crippen LogP) is 2.89. The van der Waals surface area contributed by atoms with Crippen molar-refractivity contribution in [2.75, 3.05) is 11.9 Å². The Morgan fingerprint density at radius 3 is 2.61 bits per heavy atom. The highest BCUT2D eigenvalue weighted by Crippen LogP contribution is 2.23. The van der Waals surface area contributed by atoms with E-state index in [1.807, 2.05) is 36.4 Å². The van der Waals surface area contributed by atoms with Gasteiger partial charge in [-0.25, -0.2) is 0 Å². The Labute approximate surface area is 166 Å². The average Bonchev–Trinajstić information content (AvgIpc) is 3.23. The van der Waals surface area contributed by atoms with E-state index in [2.05, 4.69) is 29.7 Å². The molecule has 0 saturated carbocycles. The first-order valence-corrected chi connectivity index (χ1v) is 10.2. The second-order valence-electron chi connectivity index (χ2n) is 7.64. The molecular formula is C23H27N3O2. The van der Waals surface area contributed by atoms with Crippen LogP contribution in [0, 0.1) is 0 Å². The van der Waals surface area contributed by atoms with Crippen LogP contribution in [0.15, 0.2) is 48.5 Å². The lowest BCUT2D eigenvalue weighted by atomic mass is 9.95. The summed E-state index contributed by atoms with van der Waals surface area (Å²) in [6, 6.07) is 15.5. The van der Waals surface area contributed by atoms with E-state index in [0.717, 1.165) is 18.5 Å². The van der Waals surface area contributed by atoms with E-state index in [4.69, 9.17) is 0 Å². The van der Waals surface area contributed by atoms with Gasteiger partial charge < -0.3 is 15.5 Å². The number of benzene rings is 2. The topological polar surface area (TPSA) is 61.4 Å². The number of carbonyl (C=O) groups is 2. The van der Waals surface area contributed by atoms with Gasteiger partial charge in [-0.2, -0.15) is 0 Å². The fourth-order valence-corrected chi connectivity index (χ4v) is 4.18. The third-order valence-corrected chi connectivity index (χ3v) is 5.85. The number of hydrogen-bond donors (Lipinski definition) is 2. The normalized spacial score (nSPS) is 21.2. The SMILES string of the molecule is CCc1ccc(NC(=O)C2CCCN2C(=O)C2Cc3ccccc3CN2)cc1. The van der Waals surface area contributed by atoms with Crippen LogP contribution in [0.4, 0.5) is 5.69 Å². The highest BCUT2D eigenvalue weighted by atomic mass is 16.2. The molecule has 2 N–H and O–H groups in total. The van der Waals surface area contributed by atoms with Gasteiger partial charge in [0, 0.05) is 18.8 Å². The molecule has 2 unspecified atom stereocenters. The largest absolute Gasteiger partial charge is 0.329 e. The quantitative estimate of drug-likeness (QED) is 0.861. The monoisotopic (exact) mass is 377 g/mol. The number of nitrogens with zero attached hydrogens (tertiary/aromatic N) is 1. The van der Waals surface area contributed by atoms with Gasteiger partial charge >= 0.3 is 0 Å². The van der Waals surface area contributed by atoms with Crippen LogP contribution in [0.1, 0.15) is 36.5 Å². The van der Waals surface area contributed by atoms with Crippen LogP contribution in [0.2, 0.25) is 0 Å². The molecule has 0 spiro atoms. The minimum Gasteiger partial charge on any atom is -0.329 e. The molecule has 4 rings (SSSR count). The molecule has 2 aliphatic rings. The molecule has 2 atom stereocenters. The molecule has 2 aliphatic heterocycles. The Morgan fingerprint density at radius 2 is 1.86 bits per heavy atom. The fourth-order valence-electron chi connectivity index (χ4n) is 4.18. The summed E-state index contributed by atoms with van der Waals surface area (Å²) in [5.41, 5.74) is 4.49. The number of aryl methyl sites for hydroxylation is 1. The smallest absolute Gasteiger partial charge is 0.247 e. The Morgan fingerprint density at radius 1 is 1.11 bits per heavy atom. The molecule has 2 heterocycles. The summed E-state index contributed by atoms with van der Waals surface area (Å²) >= 11 is 0. The molecular weight excluding hydrogens is 350 g/mol. The van der Waals surface area contributed by atoms with E-state index in [1.165, 1.54) is 16.7 Å². The van der Waals surface area contributed by atoms with E-state index >= 15 is 0 Å². The van der Waals surface area contributed by atoms with Gasteiger partial charge in [0.15, 0.2) is 0 Å². The first-order chi connectivity index (χ1) is 13.7. The zero-order valence-electron chi connectivity index (χ0n) is 16.3. The molecule has 0 aromatic heterocycles. The van der Waals surface area contributed by atoms with Gasteiger partial charge in [-0.15, -0.1) is 0 Å². The highest BCUT2D eigenvalue weighted by Gasteiger charge is 2.38. The fraction of sp³-hybridized carbons (Fsp3) is 0.391. The molecule has 2 amide bonds. The van der Waals surface area contributed by atoms with Crippen molar-refractivity contribution in [2.24, 2.45) is 0 Å². The molecule has 0 bridgehead atoms. The van der Waals surface area contributed by atoms with Crippen molar-refractivity contribution in [2.45, 2.75) is 51.2 Å². The van der Waals surface area contributed by atoms with Crippen LogP contribution >= 0.6 is 0 Å². The maximum absolute atomic E-state index is 13.1. The van der Waals surface area contributed by atoms with E-state index in [9.17, 15) is 9.59 Å².